The Balaban J connectivity index is 2.08. The van der Waals surface area contributed by atoms with Gasteiger partial charge >= 0.3 is 0 Å². The summed E-state index contributed by atoms with van der Waals surface area (Å²) in [7, 11) is 1.65. The summed E-state index contributed by atoms with van der Waals surface area (Å²) in [5, 5.41) is 3.24. The molecule has 9 heteroatoms. The Hall–Kier alpha value is -2.23. The average molecular weight is 447 g/mol. The van der Waals surface area contributed by atoms with E-state index in [9.17, 15) is 9.59 Å². The van der Waals surface area contributed by atoms with Crippen molar-refractivity contribution in [1.82, 2.24) is 14.3 Å². The Morgan fingerprint density at radius 2 is 2.17 bits per heavy atom. The van der Waals surface area contributed by atoms with E-state index in [1.54, 1.807) is 24.3 Å². The molecule has 3 rings (SSSR count). The number of rotatable bonds is 8. The molecule has 1 N–H and O–H groups in total. The first-order valence-corrected chi connectivity index (χ1v) is 11.1. The van der Waals surface area contributed by atoms with Crippen LogP contribution in [0.1, 0.15) is 37.8 Å². The number of hydrogen-bond acceptors (Lipinski definition) is 7. The molecule has 160 valence electrons. The lowest BCUT2D eigenvalue weighted by molar-refractivity contribution is -0.123. The molecule has 1 amide bonds. The summed E-state index contributed by atoms with van der Waals surface area (Å²) in [6, 6.07) is 3.73. The average Bonchev–Trinajstić information content (AvgIpc) is 3.01. The number of aryl methyl sites for hydroxylation is 1. The van der Waals surface area contributed by atoms with Crippen molar-refractivity contribution in [3.05, 3.63) is 44.7 Å². The number of nitrogens with one attached hydrogen (secondary N) is 1. The molecule has 1 aliphatic rings. The summed E-state index contributed by atoms with van der Waals surface area (Å²) in [6.45, 7) is 7.08. The molecule has 0 saturated carbocycles. The van der Waals surface area contributed by atoms with Crippen LogP contribution in [0.3, 0.4) is 0 Å². The number of thioether (sulfide) groups is 1. The molecule has 1 saturated heterocycles. The maximum absolute atomic E-state index is 13.3. The smallest absolute Gasteiger partial charge is 0.267 e. The highest BCUT2D eigenvalue weighted by molar-refractivity contribution is 8.26. The third kappa shape index (κ3) is 4.43. The molecule has 2 aromatic heterocycles. The number of thiocarbonyl (C=S) groups is 1. The van der Waals surface area contributed by atoms with E-state index >= 15 is 0 Å². The Labute approximate surface area is 185 Å². The fourth-order valence-electron chi connectivity index (χ4n) is 3.17. The van der Waals surface area contributed by atoms with Gasteiger partial charge in [0.25, 0.3) is 11.5 Å². The van der Waals surface area contributed by atoms with Gasteiger partial charge in [-0.25, -0.2) is 4.98 Å². The SMILES string of the molecule is CCC(C)N1C(=O)/C(=C/c2c(NCCCOC)nc3c(C)cccn3c2=O)SC1=S. The fraction of sp³-hybridized carbons (Fsp3) is 0.429. The third-order valence-electron chi connectivity index (χ3n) is 5.03. The van der Waals surface area contributed by atoms with E-state index < -0.39 is 0 Å². The first kappa shape index (κ1) is 22.5. The summed E-state index contributed by atoms with van der Waals surface area (Å²) in [6.07, 6.45) is 4.87. The topological polar surface area (TPSA) is 75.9 Å². The molecular weight excluding hydrogens is 420 g/mol. The largest absolute Gasteiger partial charge is 0.385 e. The van der Waals surface area contributed by atoms with E-state index in [1.165, 1.54) is 16.2 Å². The van der Waals surface area contributed by atoms with Crippen LogP contribution in [0.15, 0.2) is 28.0 Å². The molecule has 0 spiro atoms. The normalized spacial score (nSPS) is 16.7. The van der Waals surface area contributed by atoms with Crippen molar-refractivity contribution >= 4 is 51.7 Å². The fourth-order valence-corrected chi connectivity index (χ4v) is 4.62. The Kier molecular flexibility index (Phi) is 7.27. The van der Waals surface area contributed by atoms with Crippen LogP contribution in [0.4, 0.5) is 5.82 Å². The van der Waals surface area contributed by atoms with E-state index in [-0.39, 0.29) is 17.5 Å². The Bertz CT molecular complexity index is 1060. The Morgan fingerprint density at radius 1 is 1.40 bits per heavy atom. The maximum Gasteiger partial charge on any atom is 0.267 e. The minimum atomic E-state index is -0.230. The van der Waals surface area contributed by atoms with Gasteiger partial charge in [0.1, 0.15) is 15.8 Å². The quantitative estimate of drug-likeness (QED) is 0.378. The van der Waals surface area contributed by atoms with Gasteiger partial charge in [0.05, 0.1) is 10.5 Å². The molecule has 1 unspecified atom stereocenters. The predicted molar refractivity (Wildman–Crippen MR) is 126 cm³/mol. The number of carbonyl (C=O) groups excluding carboxylic acids is 1. The molecule has 2 aromatic rings. The van der Waals surface area contributed by atoms with Crippen molar-refractivity contribution in [2.45, 2.75) is 39.7 Å². The van der Waals surface area contributed by atoms with Crippen LogP contribution >= 0.6 is 24.0 Å². The van der Waals surface area contributed by atoms with Gasteiger partial charge in [0.15, 0.2) is 0 Å². The molecule has 0 aromatic carbocycles. The molecule has 0 bridgehead atoms. The minimum Gasteiger partial charge on any atom is -0.385 e. The highest BCUT2D eigenvalue weighted by Gasteiger charge is 2.35. The summed E-state index contributed by atoms with van der Waals surface area (Å²) in [5.74, 6) is 0.289. The third-order valence-corrected chi connectivity index (χ3v) is 6.36. The van der Waals surface area contributed by atoms with Gasteiger partial charge in [-0.05, 0) is 44.4 Å². The van der Waals surface area contributed by atoms with E-state index in [4.69, 9.17) is 17.0 Å². The first-order valence-electron chi connectivity index (χ1n) is 9.90. The van der Waals surface area contributed by atoms with Gasteiger partial charge in [-0.1, -0.05) is 37.0 Å². The van der Waals surface area contributed by atoms with E-state index in [0.29, 0.717) is 39.4 Å². The highest BCUT2D eigenvalue weighted by Crippen LogP contribution is 2.34. The lowest BCUT2D eigenvalue weighted by Crippen LogP contribution is -2.36. The molecule has 0 radical (unpaired) electrons. The van der Waals surface area contributed by atoms with Crippen LogP contribution < -0.4 is 10.9 Å². The lowest BCUT2D eigenvalue weighted by atomic mass is 10.2. The summed E-state index contributed by atoms with van der Waals surface area (Å²) in [5.41, 5.74) is 1.59. The van der Waals surface area contributed by atoms with Gasteiger partial charge in [-0.15, -0.1) is 0 Å². The monoisotopic (exact) mass is 446 g/mol. The van der Waals surface area contributed by atoms with Crippen LogP contribution in [-0.4, -0.2) is 50.8 Å². The number of pyridine rings is 1. The number of aromatic nitrogens is 2. The van der Waals surface area contributed by atoms with Crippen LogP contribution in [0, 0.1) is 6.92 Å². The van der Waals surface area contributed by atoms with Crippen LogP contribution in [0.25, 0.3) is 11.7 Å². The van der Waals surface area contributed by atoms with Gasteiger partial charge in [0, 0.05) is 32.5 Å². The molecular formula is C21H26N4O3S2. The maximum atomic E-state index is 13.3. The van der Waals surface area contributed by atoms with Gasteiger partial charge < -0.3 is 10.1 Å². The number of fused-ring (bicyclic) bond motifs is 1. The van der Waals surface area contributed by atoms with Gasteiger partial charge in [0.2, 0.25) is 0 Å². The predicted octanol–water partition coefficient (Wildman–Crippen LogP) is 3.45. The number of amides is 1. The number of hydrogen-bond donors (Lipinski definition) is 1. The van der Waals surface area contributed by atoms with Crippen LogP contribution in [-0.2, 0) is 9.53 Å². The number of nitrogens with zero attached hydrogens (tertiary/aromatic N) is 3. The molecule has 30 heavy (non-hydrogen) atoms. The molecule has 0 aliphatic carbocycles. The molecule has 7 nitrogen and oxygen atoms in total. The Morgan fingerprint density at radius 3 is 2.87 bits per heavy atom. The van der Waals surface area contributed by atoms with Crippen LogP contribution in [0.5, 0.6) is 0 Å². The zero-order chi connectivity index (χ0) is 21.8. The molecule has 1 fully saturated rings. The number of ether oxygens (including phenoxy) is 1. The summed E-state index contributed by atoms with van der Waals surface area (Å²) in [4.78, 5) is 33.0. The highest BCUT2D eigenvalue weighted by atomic mass is 32.2. The van der Waals surface area contributed by atoms with Crippen molar-refractivity contribution < 1.29 is 9.53 Å². The second kappa shape index (κ2) is 9.72. The summed E-state index contributed by atoms with van der Waals surface area (Å²) >= 11 is 6.63. The van der Waals surface area contributed by atoms with Crippen molar-refractivity contribution in [2.24, 2.45) is 0 Å². The van der Waals surface area contributed by atoms with E-state index in [1.807, 2.05) is 32.9 Å². The van der Waals surface area contributed by atoms with Crippen molar-refractivity contribution in [3.63, 3.8) is 0 Å². The van der Waals surface area contributed by atoms with Gasteiger partial charge in [-0.3, -0.25) is 18.9 Å². The van der Waals surface area contributed by atoms with Gasteiger partial charge in [-0.2, -0.15) is 0 Å². The van der Waals surface area contributed by atoms with Crippen molar-refractivity contribution in [2.75, 3.05) is 25.6 Å². The minimum absolute atomic E-state index is 0.00788. The van der Waals surface area contributed by atoms with E-state index in [0.717, 1.165) is 18.4 Å². The van der Waals surface area contributed by atoms with Crippen molar-refractivity contribution in [1.29, 1.82) is 0 Å². The number of anilines is 1. The van der Waals surface area contributed by atoms with Crippen LogP contribution in [0.2, 0.25) is 0 Å². The van der Waals surface area contributed by atoms with Crippen molar-refractivity contribution in [3.8, 4) is 0 Å². The lowest BCUT2D eigenvalue weighted by Gasteiger charge is -2.21. The second-order valence-corrected chi connectivity index (χ2v) is 8.82. The zero-order valence-electron chi connectivity index (χ0n) is 17.6. The second-order valence-electron chi connectivity index (χ2n) is 7.15. The number of methoxy groups -OCH3 is 1. The van der Waals surface area contributed by atoms with E-state index in [2.05, 4.69) is 10.3 Å². The summed E-state index contributed by atoms with van der Waals surface area (Å²) < 4.78 is 7.12. The first-order chi connectivity index (χ1) is 14.4. The molecule has 3 heterocycles. The molecule has 1 aliphatic heterocycles. The molecule has 1 atom stereocenters. The number of carbonyl (C=O) groups is 1. The standard InChI is InChI=1S/C21H26N4O3S2/c1-5-14(3)25-20(27)16(30-21(25)29)12-15-17(22-9-7-11-28-4)23-18-13(2)8-6-10-24(18)19(15)26/h6,8,10,12,14,22H,5,7,9,11H2,1-4H3/b16-12-. The zero-order valence-corrected chi connectivity index (χ0v) is 19.2.